The molecule has 1 N–H and O–H groups in total. The Kier molecular flexibility index (Phi) is 6.77. The van der Waals surface area contributed by atoms with Crippen LogP contribution in [0.15, 0.2) is 60.7 Å². The van der Waals surface area contributed by atoms with Crippen LogP contribution < -0.4 is 4.74 Å². The van der Waals surface area contributed by atoms with Crippen LogP contribution in [0.4, 0.5) is 0 Å². The average Bonchev–Trinajstić information content (AvgIpc) is 3.19. The van der Waals surface area contributed by atoms with Crippen LogP contribution in [0.3, 0.4) is 0 Å². The number of unbranched alkanes of at least 4 members (excludes halogenated alkanes) is 1. The van der Waals surface area contributed by atoms with Crippen molar-refractivity contribution in [2.75, 3.05) is 0 Å². The van der Waals surface area contributed by atoms with Crippen molar-refractivity contribution >= 4 is 23.0 Å². The number of fused-ring (bicyclic) bond motifs is 1. The lowest BCUT2D eigenvalue weighted by Crippen LogP contribution is -2.08. The summed E-state index contributed by atoms with van der Waals surface area (Å²) in [6, 6.07) is 18.7. The fourth-order valence-electron chi connectivity index (χ4n) is 4.21. The van der Waals surface area contributed by atoms with Crippen LogP contribution in [0.5, 0.6) is 5.75 Å². The number of carboxylic acids is 1. The SMILES string of the molecule is CCCCc1nc2c(C)ccc(OC(C)=O)c2n1Cc1ccc(-c2ccccc2C(=O)O)cc1. The van der Waals surface area contributed by atoms with E-state index in [4.69, 9.17) is 9.72 Å². The number of imidazole rings is 1. The van der Waals surface area contributed by atoms with Gasteiger partial charge in [-0.2, -0.15) is 0 Å². The van der Waals surface area contributed by atoms with Crippen LogP contribution in [-0.4, -0.2) is 26.6 Å². The average molecular weight is 457 g/mol. The third-order valence-electron chi connectivity index (χ3n) is 5.91. The molecular formula is C28H28N2O4. The molecule has 0 spiro atoms. The smallest absolute Gasteiger partial charge is 0.336 e. The van der Waals surface area contributed by atoms with Gasteiger partial charge in [0.25, 0.3) is 0 Å². The molecule has 0 unspecified atom stereocenters. The maximum atomic E-state index is 11.7. The van der Waals surface area contributed by atoms with E-state index in [9.17, 15) is 14.7 Å². The first kappa shape index (κ1) is 23.2. The van der Waals surface area contributed by atoms with E-state index in [2.05, 4.69) is 11.5 Å². The number of carbonyl (C=O) groups excluding carboxylic acids is 1. The topological polar surface area (TPSA) is 81.4 Å². The van der Waals surface area contributed by atoms with Gasteiger partial charge in [-0.05, 0) is 47.7 Å². The summed E-state index contributed by atoms with van der Waals surface area (Å²) in [7, 11) is 0. The molecule has 0 aliphatic carbocycles. The zero-order valence-corrected chi connectivity index (χ0v) is 19.7. The lowest BCUT2D eigenvalue weighted by atomic mass is 9.98. The number of carboxylic acid groups (broad SMARTS) is 1. The summed E-state index contributed by atoms with van der Waals surface area (Å²) in [6.07, 6.45) is 2.89. The van der Waals surface area contributed by atoms with E-state index in [1.807, 2.05) is 55.5 Å². The fourth-order valence-corrected chi connectivity index (χ4v) is 4.21. The van der Waals surface area contributed by atoms with E-state index in [0.717, 1.165) is 52.8 Å². The maximum Gasteiger partial charge on any atom is 0.336 e. The van der Waals surface area contributed by atoms with E-state index >= 15 is 0 Å². The van der Waals surface area contributed by atoms with Crippen molar-refractivity contribution in [3.8, 4) is 16.9 Å². The Bertz CT molecular complexity index is 1350. The lowest BCUT2D eigenvalue weighted by molar-refractivity contribution is -0.131. The number of rotatable bonds is 8. The van der Waals surface area contributed by atoms with Gasteiger partial charge in [0.2, 0.25) is 0 Å². The van der Waals surface area contributed by atoms with Crippen molar-refractivity contribution in [1.82, 2.24) is 9.55 Å². The molecule has 1 aromatic heterocycles. The zero-order chi connectivity index (χ0) is 24.2. The number of aryl methyl sites for hydroxylation is 2. The van der Waals surface area contributed by atoms with Gasteiger partial charge in [0.05, 0.1) is 11.1 Å². The summed E-state index contributed by atoms with van der Waals surface area (Å²) >= 11 is 0. The first-order chi connectivity index (χ1) is 16.4. The molecule has 0 fully saturated rings. The quantitative estimate of drug-likeness (QED) is 0.259. The summed E-state index contributed by atoms with van der Waals surface area (Å²) in [5.74, 6) is 0.156. The highest BCUT2D eigenvalue weighted by Crippen LogP contribution is 2.31. The third kappa shape index (κ3) is 4.71. The lowest BCUT2D eigenvalue weighted by Gasteiger charge is -2.13. The molecule has 6 nitrogen and oxygen atoms in total. The van der Waals surface area contributed by atoms with E-state index in [-0.39, 0.29) is 11.5 Å². The van der Waals surface area contributed by atoms with Gasteiger partial charge in [0, 0.05) is 19.9 Å². The Morgan fingerprint density at radius 3 is 2.44 bits per heavy atom. The number of nitrogens with zero attached hydrogens (tertiary/aromatic N) is 2. The van der Waals surface area contributed by atoms with Crippen molar-refractivity contribution in [2.45, 2.75) is 46.6 Å². The summed E-state index contributed by atoms with van der Waals surface area (Å²) in [5, 5.41) is 9.52. The van der Waals surface area contributed by atoms with Crippen LogP contribution in [-0.2, 0) is 17.8 Å². The van der Waals surface area contributed by atoms with E-state index in [1.54, 1.807) is 12.1 Å². The van der Waals surface area contributed by atoms with Gasteiger partial charge in [-0.25, -0.2) is 9.78 Å². The standard InChI is InChI=1S/C28H28N2O4/c1-4-5-10-25-29-26-18(2)11-16-24(34-19(3)31)27(26)30(25)17-20-12-14-21(15-13-20)22-8-6-7-9-23(22)28(32)33/h6-9,11-16H,4-5,10,17H2,1-3H3,(H,32,33). The van der Waals surface area contributed by atoms with E-state index in [0.29, 0.717) is 17.9 Å². The molecule has 0 aliphatic rings. The molecular weight excluding hydrogens is 428 g/mol. The molecule has 0 saturated heterocycles. The van der Waals surface area contributed by atoms with Crippen LogP contribution in [0.25, 0.3) is 22.2 Å². The van der Waals surface area contributed by atoms with Gasteiger partial charge in [-0.3, -0.25) is 4.79 Å². The minimum Gasteiger partial charge on any atom is -0.478 e. The van der Waals surface area contributed by atoms with Crippen molar-refractivity contribution < 1.29 is 19.4 Å². The Hall–Kier alpha value is -3.93. The van der Waals surface area contributed by atoms with E-state index in [1.165, 1.54) is 6.92 Å². The number of aromatic nitrogens is 2. The summed E-state index contributed by atoms with van der Waals surface area (Å²) < 4.78 is 7.67. The molecule has 3 aromatic carbocycles. The number of ether oxygens (including phenoxy) is 1. The maximum absolute atomic E-state index is 11.7. The van der Waals surface area contributed by atoms with Crippen LogP contribution in [0.1, 0.15) is 54.0 Å². The Labute approximate surface area is 198 Å². The number of aromatic carboxylic acids is 1. The predicted octanol–water partition coefficient (Wildman–Crippen LogP) is 6.03. The minimum atomic E-state index is -0.946. The minimum absolute atomic E-state index is 0.277. The molecule has 174 valence electrons. The molecule has 1 heterocycles. The normalized spacial score (nSPS) is 11.0. The molecule has 34 heavy (non-hydrogen) atoms. The van der Waals surface area contributed by atoms with Crippen molar-refractivity contribution in [3.05, 3.63) is 83.2 Å². The van der Waals surface area contributed by atoms with Gasteiger partial charge in [0.15, 0.2) is 5.75 Å². The molecule has 0 radical (unpaired) electrons. The molecule has 6 heteroatoms. The van der Waals surface area contributed by atoms with Crippen molar-refractivity contribution in [3.63, 3.8) is 0 Å². The van der Waals surface area contributed by atoms with Crippen LogP contribution >= 0.6 is 0 Å². The molecule has 0 amide bonds. The number of carbonyl (C=O) groups is 2. The second-order valence-corrected chi connectivity index (χ2v) is 8.44. The van der Waals surface area contributed by atoms with Crippen LogP contribution in [0.2, 0.25) is 0 Å². The van der Waals surface area contributed by atoms with Crippen molar-refractivity contribution in [2.24, 2.45) is 0 Å². The highest BCUT2D eigenvalue weighted by atomic mass is 16.5. The summed E-state index contributed by atoms with van der Waals surface area (Å²) in [6.45, 7) is 6.12. The third-order valence-corrected chi connectivity index (χ3v) is 5.91. The molecule has 4 rings (SSSR count). The molecule has 0 aliphatic heterocycles. The Balaban J connectivity index is 1.76. The number of hydrogen-bond acceptors (Lipinski definition) is 4. The van der Waals surface area contributed by atoms with Crippen LogP contribution in [0, 0.1) is 6.92 Å². The summed E-state index contributed by atoms with van der Waals surface area (Å²) in [5.41, 5.74) is 5.55. The first-order valence-electron chi connectivity index (χ1n) is 11.5. The highest BCUT2D eigenvalue weighted by Gasteiger charge is 2.18. The fraction of sp³-hybridized carbons (Fsp3) is 0.250. The Morgan fingerprint density at radius 1 is 1.03 bits per heavy atom. The molecule has 0 atom stereocenters. The zero-order valence-electron chi connectivity index (χ0n) is 19.7. The summed E-state index contributed by atoms with van der Waals surface area (Å²) in [4.78, 5) is 28.3. The monoisotopic (exact) mass is 456 g/mol. The predicted molar refractivity (Wildman–Crippen MR) is 132 cm³/mol. The van der Waals surface area contributed by atoms with E-state index < -0.39 is 5.97 Å². The second-order valence-electron chi connectivity index (χ2n) is 8.44. The van der Waals surface area contributed by atoms with Gasteiger partial charge in [0.1, 0.15) is 11.3 Å². The van der Waals surface area contributed by atoms with Gasteiger partial charge in [-0.15, -0.1) is 0 Å². The molecule has 0 saturated carbocycles. The number of hydrogen-bond donors (Lipinski definition) is 1. The number of esters is 1. The molecule has 4 aromatic rings. The van der Waals surface area contributed by atoms with Crippen molar-refractivity contribution in [1.29, 1.82) is 0 Å². The van der Waals surface area contributed by atoms with Gasteiger partial charge in [-0.1, -0.05) is 61.9 Å². The Morgan fingerprint density at radius 2 is 1.76 bits per heavy atom. The van der Waals surface area contributed by atoms with Gasteiger partial charge < -0.3 is 14.4 Å². The first-order valence-corrected chi connectivity index (χ1v) is 11.5. The highest BCUT2D eigenvalue weighted by molar-refractivity contribution is 5.96. The largest absolute Gasteiger partial charge is 0.478 e. The number of benzene rings is 3. The second kappa shape index (κ2) is 9.91. The van der Waals surface area contributed by atoms with Gasteiger partial charge >= 0.3 is 11.9 Å². The molecule has 0 bridgehead atoms.